The molecule has 2 aromatic heterocycles. The summed E-state index contributed by atoms with van der Waals surface area (Å²) in [4.78, 5) is 37.2. The Morgan fingerprint density at radius 3 is 2.48 bits per heavy atom. The van der Waals surface area contributed by atoms with E-state index in [1.807, 2.05) is 6.07 Å². The first kappa shape index (κ1) is 31.1. The fourth-order valence-electron chi connectivity index (χ4n) is 4.87. The number of carbonyl (C=O) groups is 2. The molecular formula is C29H25Cl2N5O8. The summed E-state index contributed by atoms with van der Waals surface area (Å²) < 4.78 is 12.6. The summed E-state index contributed by atoms with van der Waals surface area (Å²) in [6.07, 6.45) is 1.52. The number of ether oxygens (including phenoxy) is 2. The lowest BCUT2D eigenvalue weighted by Crippen LogP contribution is -2.55. The van der Waals surface area contributed by atoms with Crippen molar-refractivity contribution >= 4 is 52.1 Å². The standard InChI is InChI=1S/C29H25Cl2N5O8/c1-2-28(42)19(14-43-29(25(38)39,26(40)41)12-16-7-4-3-5-8-16)44-24(21(28)37)36-15-33-20-22(34-27(31)35-23(20)36)32-13-17-9-6-10-18(30)11-17/h1,3-11,15,19,21,24,37,42H,12-14H2,(H,38,39)(H,40,41)(H,32,34,35)/t19-,21+,24-,28-/m1/s1. The maximum absolute atomic E-state index is 12.2. The Labute approximate surface area is 260 Å². The van der Waals surface area contributed by atoms with Gasteiger partial charge in [-0.05, 0) is 34.9 Å². The van der Waals surface area contributed by atoms with Crippen molar-refractivity contribution in [1.82, 2.24) is 19.5 Å². The van der Waals surface area contributed by atoms with Crippen LogP contribution in [0, 0.1) is 12.3 Å². The van der Waals surface area contributed by atoms with Crippen LogP contribution in [-0.4, -0.2) is 81.9 Å². The number of halogens is 2. The molecule has 0 saturated carbocycles. The lowest BCUT2D eigenvalue weighted by Gasteiger charge is -2.30. The van der Waals surface area contributed by atoms with E-state index in [9.17, 15) is 30.0 Å². The molecule has 13 nitrogen and oxygen atoms in total. The third-order valence-electron chi connectivity index (χ3n) is 7.23. The van der Waals surface area contributed by atoms with E-state index in [4.69, 9.17) is 39.1 Å². The molecule has 228 valence electrons. The van der Waals surface area contributed by atoms with Crippen molar-refractivity contribution < 1.29 is 39.5 Å². The van der Waals surface area contributed by atoms with Gasteiger partial charge in [-0.25, -0.2) is 14.6 Å². The van der Waals surface area contributed by atoms with Crippen molar-refractivity contribution in [3.05, 3.63) is 82.4 Å². The summed E-state index contributed by atoms with van der Waals surface area (Å²) in [5.74, 6) is -1.22. The molecule has 2 aromatic carbocycles. The molecule has 0 unspecified atom stereocenters. The van der Waals surface area contributed by atoms with Gasteiger partial charge >= 0.3 is 11.9 Å². The van der Waals surface area contributed by atoms with Crippen molar-refractivity contribution in [2.45, 2.75) is 42.6 Å². The Morgan fingerprint density at radius 1 is 1.11 bits per heavy atom. The van der Waals surface area contributed by atoms with E-state index in [1.165, 1.54) is 10.9 Å². The zero-order valence-corrected chi connectivity index (χ0v) is 24.2. The molecule has 5 N–H and O–H groups in total. The van der Waals surface area contributed by atoms with Crippen LogP contribution in [0.4, 0.5) is 5.82 Å². The number of hydrogen-bond acceptors (Lipinski definition) is 10. The van der Waals surface area contributed by atoms with Gasteiger partial charge in [0.15, 0.2) is 28.8 Å². The smallest absolute Gasteiger partial charge is 0.348 e. The maximum Gasteiger partial charge on any atom is 0.348 e. The number of fused-ring (bicyclic) bond motifs is 1. The quantitative estimate of drug-likeness (QED) is 0.0915. The monoisotopic (exact) mass is 641 g/mol. The van der Waals surface area contributed by atoms with Crippen molar-refractivity contribution in [2.75, 3.05) is 11.9 Å². The molecule has 1 saturated heterocycles. The zero-order chi connectivity index (χ0) is 31.6. The van der Waals surface area contributed by atoms with Crippen molar-refractivity contribution in [3.8, 4) is 12.3 Å². The fourth-order valence-corrected chi connectivity index (χ4v) is 5.24. The van der Waals surface area contributed by atoms with Crippen LogP contribution in [0.3, 0.4) is 0 Å². The van der Waals surface area contributed by atoms with Gasteiger partial charge < -0.3 is 35.2 Å². The number of imidazole rings is 1. The number of hydrogen-bond donors (Lipinski definition) is 5. The predicted octanol–water partition coefficient (Wildman–Crippen LogP) is 2.54. The van der Waals surface area contributed by atoms with E-state index in [2.05, 4.69) is 26.2 Å². The Balaban J connectivity index is 1.42. The largest absolute Gasteiger partial charge is 0.479 e. The highest BCUT2D eigenvalue weighted by molar-refractivity contribution is 6.30. The third-order valence-corrected chi connectivity index (χ3v) is 7.64. The highest BCUT2D eigenvalue weighted by Crippen LogP contribution is 2.39. The Bertz CT molecular complexity index is 1730. The number of nitrogens with one attached hydrogen (secondary N) is 1. The Morgan fingerprint density at radius 2 is 1.82 bits per heavy atom. The first-order valence-electron chi connectivity index (χ1n) is 13.0. The van der Waals surface area contributed by atoms with Gasteiger partial charge in [-0.2, -0.15) is 9.97 Å². The summed E-state index contributed by atoms with van der Waals surface area (Å²) in [6.45, 7) is -0.499. The molecule has 0 radical (unpaired) electrons. The lowest BCUT2D eigenvalue weighted by atomic mass is 9.92. The van der Waals surface area contributed by atoms with E-state index in [0.29, 0.717) is 17.1 Å². The normalized spacial score (nSPS) is 21.7. The zero-order valence-electron chi connectivity index (χ0n) is 22.7. The van der Waals surface area contributed by atoms with Gasteiger partial charge in [-0.15, -0.1) is 6.42 Å². The van der Waals surface area contributed by atoms with Gasteiger partial charge in [0.1, 0.15) is 12.2 Å². The number of aromatic nitrogens is 4. The van der Waals surface area contributed by atoms with E-state index in [0.717, 1.165) is 5.56 Å². The number of rotatable bonds is 11. The number of aliphatic carboxylic acids is 2. The molecule has 0 aliphatic carbocycles. The molecule has 1 aliphatic rings. The lowest BCUT2D eigenvalue weighted by molar-refractivity contribution is -0.191. The van der Waals surface area contributed by atoms with E-state index < -0.39 is 54.6 Å². The van der Waals surface area contributed by atoms with Crippen molar-refractivity contribution in [2.24, 2.45) is 0 Å². The molecule has 15 heteroatoms. The molecule has 0 bridgehead atoms. The number of aliphatic hydroxyl groups is 2. The highest BCUT2D eigenvalue weighted by atomic mass is 35.5. The third kappa shape index (κ3) is 5.79. The van der Waals surface area contributed by atoms with Crippen LogP contribution >= 0.6 is 23.2 Å². The topological polar surface area (TPSA) is 189 Å². The summed E-state index contributed by atoms with van der Waals surface area (Å²) >= 11 is 12.3. The van der Waals surface area contributed by atoms with Crippen LogP contribution < -0.4 is 5.32 Å². The van der Waals surface area contributed by atoms with Crippen LogP contribution in [0.15, 0.2) is 60.9 Å². The summed E-state index contributed by atoms with van der Waals surface area (Å²) in [5, 5.41) is 45.8. The van der Waals surface area contributed by atoms with Gasteiger partial charge in [0.2, 0.25) is 5.28 Å². The minimum Gasteiger partial charge on any atom is -0.479 e. The molecule has 1 aliphatic heterocycles. The molecule has 4 aromatic rings. The number of benzene rings is 2. The Kier molecular flexibility index (Phi) is 8.76. The minimum absolute atomic E-state index is 0.109. The molecule has 0 spiro atoms. The van der Waals surface area contributed by atoms with Crippen molar-refractivity contribution in [3.63, 3.8) is 0 Å². The minimum atomic E-state index is -2.75. The molecule has 1 fully saturated rings. The molecule has 5 rings (SSSR count). The van der Waals surface area contributed by atoms with Crippen LogP contribution in [0.5, 0.6) is 0 Å². The fraction of sp³-hybridized carbons (Fsp3) is 0.276. The van der Waals surface area contributed by atoms with E-state index in [-0.39, 0.29) is 22.3 Å². The summed E-state index contributed by atoms with van der Waals surface area (Å²) in [5.41, 5.74) is -3.61. The van der Waals surface area contributed by atoms with Crippen LogP contribution in [0.2, 0.25) is 10.3 Å². The van der Waals surface area contributed by atoms with Gasteiger partial charge in [-0.1, -0.05) is 60.0 Å². The average molecular weight is 642 g/mol. The molecular weight excluding hydrogens is 617 g/mol. The SMILES string of the molecule is C#C[C@@]1(O)[C@@H](COC(Cc2ccccc2)(C(=O)O)C(=O)O)O[C@@H](n2cnc3c(NCc4cccc(Cl)c4)nc(Cl)nc32)[C@@H]1O. The van der Waals surface area contributed by atoms with Crippen molar-refractivity contribution in [1.29, 1.82) is 0 Å². The molecule has 0 amide bonds. The van der Waals surface area contributed by atoms with Gasteiger partial charge in [-0.3, -0.25) is 4.57 Å². The van der Waals surface area contributed by atoms with Gasteiger partial charge in [0.25, 0.3) is 5.60 Å². The second-order valence-corrected chi connectivity index (χ2v) is 10.8. The first-order valence-corrected chi connectivity index (χ1v) is 13.8. The van der Waals surface area contributed by atoms with Gasteiger partial charge in [0.05, 0.1) is 12.9 Å². The summed E-state index contributed by atoms with van der Waals surface area (Å²) in [6, 6.07) is 15.2. The number of anilines is 1. The van der Waals surface area contributed by atoms with Gasteiger partial charge in [0, 0.05) is 18.0 Å². The van der Waals surface area contributed by atoms with E-state index >= 15 is 0 Å². The number of carboxylic acid groups (broad SMARTS) is 2. The van der Waals surface area contributed by atoms with Crippen LogP contribution in [-0.2, 0) is 32.0 Å². The summed E-state index contributed by atoms with van der Waals surface area (Å²) in [7, 11) is 0. The predicted molar refractivity (Wildman–Crippen MR) is 157 cm³/mol. The number of aliphatic hydroxyl groups excluding tert-OH is 1. The highest BCUT2D eigenvalue weighted by Gasteiger charge is 2.58. The second kappa shape index (κ2) is 12.4. The average Bonchev–Trinajstić information content (AvgIpc) is 3.52. The number of carboxylic acids is 2. The molecule has 3 heterocycles. The number of nitrogens with zero attached hydrogens (tertiary/aromatic N) is 4. The first-order chi connectivity index (χ1) is 21.0. The van der Waals surface area contributed by atoms with Crippen LogP contribution in [0.25, 0.3) is 11.2 Å². The maximum atomic E-state index is 12.2. The molecule has 44 heavy (non-hydrogen) atoms. The Hall–Kier alpha value is -4.29. The van der Waals surface area contributed by atoms with Crippen LogP contribution in [0.1, 0.15) is 17.4 Å². The molecule has 4 atom stereocenters. The number of terminal acetylenes is 1. The van der Waals surface area contributed by atoms with E-state index in [1.54, 1.807) is 48.5 Å². The second-order valence-electron chi connectivity index (χ2n) is 9.99.